The molecule has 0 unspecified atom stereocenters. The van der Waals surface area contributed by atoms with Crippen LogP contribution in [0.25, 0.3) is 10.8 Å². The molecule has 1 amide bonds. The zero-order chi connectivity index (χ0) is 17.4. The predicted octanol–water partition coefficient (Wildman–Crippen LogP) is 5.00. The first-order valence-electron chi connectivity index (χ1n) is 8.38. The summed E-state index contributed by atoms with van der Waals surface area (Å²) in [4.78, 5) is 12.6. The van der Waals surface area contributed by atoms with E-state index in [-0.39, 0.29) is 5.91 Å². The van der Waals surface area contributed by atoms with Crippen LogP contribution in [0, 0.1) is 0 Å². The van der Waals surface area contributed by atoms with E-state index in [1.807, 2.05) is 12.1 Å². The van der Waals surface area contributed by atoms with Gasteiger partial charge in [-0.1, -0.05) is 41.9 Å². The van der Waals surface area contributed by atoms with Gasteiger partial charge in [-0.15, -0.1) is 0 Å². The van der Waals surface area contributed by atoms with Crippen molar-refractivity contribution in [1.29, 1.82) is 0 Å². The number of hydrogen-bond acceptors (Lipinski definition) is 2. The van der Waals surface area contributed by atoms with Gasteiger partial charge in [-0.2, -0.15) is 0 Å². The number of hydrogen-bond donors (Lipinski definition) is 1. The lowest BCUT2D eigenvalue weighted by molar-refractivity contribution is -0.122. The average molecular weight is 352 g/mol. The highest BCUT2D eigenvalue weighted by molar-refractivity contribution is 6.30. The van der Waals surface area contributed by atoms with Crippen molar-refractivity contribution in [3.63, 3.8) is 0 Å². The summed E-state index contributed by atoms with van der Waals surface area (Å²) in [7, 11) is 0. The molecule has 0 fully saturated rings. The van der Waals surface area contributed by atoms with Crippen molar-refractivity contribution in [3.8, 4) is 5.75 Å². The van der Waals surface area contributed by atoms with Crippen molar-refractivity contribution in [2.24, 2.45) is 0 Å². The molecule has 0 saturated heterocycles. The van der Waals surface area contributed by atoms with E-state index in [9.17, 15) is 4.79 Å². The average Bonchev–Trinajstić information content (AvgIpc) is 3.02. The molecule has 1 aliphatic rings. The molecule has 1 atom stereocenters. The molecule has 0 spiro atoms. The lowest BCUT2D eigenvalue weighted by Gasteiger charge is -2.16. The summed E-state index contributed by atoms with van der Waals surface area (Å²) < 4.78 is 5.70. The Morgan fingerprint density at radius 3 is 2.64 bits per heavy atom. The van der Waals surface area contributed by atoms with Gasteiger partial charge in [-0.25, -0.2) is 0 Å². The van der Waals surface area contributed by atoms with E-state index in [0.717, 1.165) is 23.9 Å². The maximum absolute atomic E-state index is 12.6. The topological polar surface area (TPSA) is 38.3 Å². The minimum absolute atomic E-state index is 0.182. The van der Waals surface area contributed by atoms with Gasteiger partial charge in [0.2, 0.25) is 0 Å². The smallest absolute Gasteiger partial charge is 0.265 e. The van der Waals surface area contributed by atoms with Crippen molar-refractivity contribution in [1.82, 2.24) is 0 Å². The molecule has 0 bridgehead atoms. The van der Waals surface area contributed by atoms with E-state index in [1.165, 1.54) is 16.5 Å². The highest BCUT2D eigenvalue weighted by Gasteiger charge is 2.19. The summed E-state index contributed by atoms with van der Waals surface area (Å²) in [6, 6.07) is 17.4. The number of amides is 1. The summed E-state index contributed by atoms with van der Waals surface area (Å²) in [6.07, 6.45) is 1.51. The van der Waals surface area contributed by atoms with E-state index in [0.29, 0.717) is 10.8 Å². The Hall–Kier alpha value is -2.52. The largest absolute Gasteiger partial charge is 0.481 e. The zero-order valence-corrected chi connectivity index (χ0v) is 14.6. The third-order valence-electron chi connectivity index (χ3n) is 4.61. The lowest BCUT2D eigenvalue weighted by atomic mass is 10.0. The number of aryl methyl sites for hydroxylation is 2. The van der Waals surface area contributed by atoms with Gasteiger partial charge in [0.1, 0.15) is 5.75 Å². The van der Waals surface area contributed by atoms with Gasteiger partial charge in [0.05, 0.1) is 0 Å². The van der Waals surface area contributed by atoms with E-state index in [4.69, 9.17) is 16.3 Å². The van der Waals surface area contributed by atoms with Crippen LogP contribution >= 0.6 is 11.6 Å². The van der Waals surface area contributed by atoms with Crippen LogP contribution in [-0.2, 0) is 17.6 Å². The van der Waals surface area contributed by atoms with Gasteiger partial charge < -0.3 is 10.1 Å². The monoisotopic (exact) mass is 351 g/mol. The Morgan fingerprint density at radius 2 is 1.84 bits per heavy atom. The van der Waals surface area contributed by atoms with Crippen LogP contribution in [0.4, 0.5) is 5.69 Å². The van der Waals surface area contributed by atoms with Crippen molar-refractivity contribution in [2.75, 3.05) is 5.32 Å². The van der Waals surface area contributed by atoms with Crippen molar-refractivity contribution in [2.45, 2.75) is 25.9 Å². The Balaban J connectivity index is 1.56. The van der Waals surface area contributed by atoms with Gasteiger partial charge in [0.25, 0.3) is 5.91 Å². The van der Waals surface area contributed by atoms with Crippen LogP contribution in [0.5, 0.6) is 5.75 Å². The SMILES string of the molecule is C[C@@H](Oc1cccc(Cl)c1)C(=O)Nc1ccc2c3c(cccc13)CC2. The molecule has 25 heavy (non-hydrogen) atoms. The number of anilines is 1. The molecular formula is C21H18ClNO2. The second kappa shape index (κ2) is 6.41. The van der Waals surface area contributed by atoms with E-state index < -0.39 is 6.10 Å². The number of carbonyl (C=O) groups is 1. The molecule has 0 radical (unpaired) electrons. The van der Waals surface area contributed by atoms with Crippen LogP contribution in [0.3, 0.4) is 0 Å². The summed E-state index contributed by atoms with van der Waals surface area (Å²) in [5.41, 5.74) is 3.53. The molecule has 4 heteroatoms. The number of nitrogens with one attached hydrogen (secondary N) is 1. The lowest BCUT2D eigenvalue weighted by Crippen LogP contribution is -2.30. The van der Waals surface area contributed by atoms with E-state index in [1.54, 1.807) is 31.2 Å². The van der Waals surface area contributed by atoms with E-state index >= 15 is 0 Å². The fourth-order valence-electron chi connectivity index (χ4n) is 3.39. The standard InChI is InChI=1S/C21H18ClNO2/c1-13(25-17-6-3-5-16(22)12-17)21(24)23-19-11-10-15-9-8-14-4-2-7-18(19)20(14)15/h2-7,10-13H,8-9H2,1H3,(H,23,24)/t13-/m1/s1. The van der Waals surface area contributed by atoms with Crippen molar-refractivity contribution < 1.29 is 9.53 Å². The Morgan fingerprint density at radius 1 is 1.08 bits per heavy atom. The first kappa shape index (κ1) is 16.0. The number of carbonyl (C=O) groups excluding carboxylic acids is 1. The molecule has 3 aromatic rings. The normalized spacial score (nSPS) is 13.7. The van der Waals surface area contributed by atoms with Gasteiger partial charge in [-0.3, -0.25) is 4.79 Å². The molecule has 1 N–H and O–H groups in total. The van der Waals surface area contributed by atoms with Crippen molar-refractivity contribution in [3.05, 3.63) is 70.7 Å². The second-order valence-corrected chi connectivity index (χ2v) is 6.76. The fourth-order valence-corrected chi connectivity index (χ4v) is 3.57. The molecule has 4 rings (SSSR count). The number of benzene rings is 3. The highest BCUT2D eigenvalue weighted by atomic mass is 35.5. The molecule has 126 valence electrons. The second-order valence-electron chi connectivity index (χ2n) is 6.32. The molecule has 0 aliphatic heterocycles. The third kappa shape index (κ3) is 3.08. The molecule has 3 nitrogen and oxygen atoms in total. The zero-order valence-electron chi connectivity index (χ0n) is 13.9. The number of rotatable bonds is 4. The van der Waals surface area contributed by atoms with Gasteiger partial charge in [-0.05, 0) is 60.5 Å². The molecule has 3 aromatic carbocycles. The first-order chi connectivity index (χ1) is 12.1. The van der Waals surface area contributed by atoms with Crippen molar-refractivity contribution >= 4 is 34.0 Å². The summed E-state index contributed by atoms with van der Waals surface area (Å²) in [5.74, 6) is 0.397. The first-order valence-corrected chi connectivity index (χ1v) is 8.76. The predicted molar refractivity (Wildman–Crippen MR) is 102 cm³/mol. The molecule has 0 heterocycles. The minimum Gasteiger partial charge on any atom is -0.481 e. The van der Waals surface area contributed by atoms with Gasteiger partial charge >= 0.3 is 0 Å². The molecular weight excluding hydrogens is 334 g/mol. The fraction of sp³-hybridized carbons (Fsp3) is 0.190. The summed E-state index contributed by atoms with van der Waals surface area (Å²) in [6.45, 7) is 1.73. The minimum atomic E-state index is -0.624. The van der Waals surface area contributed by atoms with Crippen LogP contribution < -0.4 is 10.1 Å². The molecule has 1 aliphatic carbocycles. The van der Waals surface area contributed by atoms with Gasteiger partial charge in [0.15, 0.2) is 6.10 Å². The third-order valence-corrected chi connectivity index (χ3v) is 4.85. The number of ether oxygens (including phenoxy) is 1. The van der Waals surface area contributed by atoms with Crippen LogP contribution in [0.2, 0.25) is 5.02 Å². The van der Waals surface area contributed by atoms with Crippen LogP contribution in [0.15, 0.2) is 54.6 Å². The maximum Gasteiger partial charge on any atom is 0.265 e. The van der Waals surface area contributed by atoms with Crippen LogP contribution in [-0.4, -0.2) is 12.0 Å². The Labute approximate surface area is 151 Å². The molecule has 0 aromatic heterocycles. The van der Waals surface area contributed by atoms with Gasteiger partial charge in [0, 0.05) is 16.1 Å². The summed E-state index contributed by atoms with van der Waals surface area (Å²) >= 11 is 5.96. The molecule has 0 saturated carbocycles. The number of halogens is 1. The Bertz CT molecular complexity index is 957. The Kier molecular flexibility index (Phi) is 4.10. The highest BCUT2D eigenvalue weighted by Crippen LogP contribution is 2.35. The summed E-state index contributed by atoms with van der Waals surface area (Å²) in [5, 5.41) is 5.96. The quantitative estimate of drug-likeness (QED) is 0.718. The van der Waals surface area contributed by atoms with E-state index in [2.05, 4.69) is 23.5 Å². The maximum atomic E-state index is 12.6. The van der Waals surface area contributed by atoms with Crippen LogP contribution in [0.1, 0.15) is 18.1 Å².